The molecule has 0 saturated carbocycles. The molecule has 2 aromatic rings. The van der Waals surface area contributed by atoms with Crippen molar-refractivity contribution in [3.8, 4) is 16.9 Å². The van der Waals surface area contributed by atoms with Crippen LogP contribution in [0.1, 0.15) is 68.6 Å². The topological polar surface area (TPSA) is 46.5 Å². The standard InChI is InChI=1S/C23H30O3/c1-2-3-4-5-6-7-8-11-18-26-20-16-14-19(15-17-20)21-12-9-10-13-22(21)23(24)25/h9-10,12-17H,2-8,11,18H2,1H3,(H,24,25). The second-order valence-corrected chi connectivity index (χ2v) is 6.70. The van der Waals surface area contributed by atoms with Crippen molar-refractivity contribution in [2.75, 3.05) is 6.61 Å². The van der Waals surface area contributed by atoms with Crippen LogP contribution in [0.15, 0.2) is 48.5 Å². The van der Waals surface area contributed by atoms with E-state index < -0.39 is 5.97 Å². The van der Waals surface area contributed by atoms with Gasteiger partial charge in [-0.2, -0.15) is 0 Å². The summed E-state index contributed by atoms with van der Waals surface area (Å²) >= 11 is 0. The zero-order valence-corrected chi connectivity index (χ0v) is 15.7. The zero-order valence-electron chi connectivity index (χ0n) is 15.7. The van der Waals surface area contributed by atoms with Crippen molar-refractivity contribution in [2.45, 2.75) is 58.3 Å². The Bertz CT molecular complexity index is 661. The fourth-order valence-corrected chi connectivity index (χ4v) is 3.08. The van der Waals surface area contributed by atoms with Gasteiger partial charge in [0.25, 0.3) is 0 Å². The molecule has 0 aliphatic heterocycles. The van der Waals surface area contributed by atoms with Crippen molar-refractivity contribution < 1.29 is 14.6 Å². The molecule has 3 heteroatoms. The molecule has 0 unspecified atom stereocenters. The molecule has 0 radical (unpaired) electrons. The van der Waals surface area contributed by atoms with E-state index in [-0.39, 0.29) is 0 Å². The predicted octanol–water partition coefficient (Wildman–Crippen LogP) is 6.57. The van der Waals surface area contributed by atoms with Crippen LogP contribution in [0.4, 0.5) is 0 Å². The van der Waals surface area contributed by atoms with E-state index in [9.17, 15) is 9.90 Å². The van der Waals surface area contributed by atoms with Gasteiger partial charge in [-0.1, -0.05) is 82.2 Å². The Hall–Kier alpha value is -2.29. The highest BCUT2D eigenvalue weighted by Gasteiger charge is 2.10. The molecular formula is C23H30O3. The minimum atomic E-state index is -0.907. The highest BCUT2D eigenvalue weighted by Crippen LogP contribution is 2.26. The molecular weight excluding hydrogens is 324 g/mol. The van der Waals surface area contributed by atoms with Gasteiger partial charge in [0, 0.05) is 0 Å². The molecule has 0 atom stereocenters. The van der Waals surface area contributed by atoms with Crippen molar-refractivity contribution in [3.63, 3.8) is 0 Å². The van der Waals surface area contributed by atoms with E-state index in [2.05, 4.69) is 6.92 Å². The van der Waals surface area contributed by atoms with Crippen LogP contribution in [-0.4, -0.2) is 17.7 Å². The summed E-state index contributed by atoms with van der Waals surface area (Å²) in [6.45, 7) is 2.98. The second-order valence-electron chi connectivity index (χ2n) is 6.70. The van der Waals surface area contributed by atoms with Gasteiger partial charge in [-0.3, -0.25) is 0 Å². The zero-order chi connectivity index (χ0) is 18.6. The summed E-state index contributed by atoms with van der Waals surface area (Å²) in [7, 11) is 0. The summed E-state index contributed by atoms with van der Waals surface area (Å²) in [5.74, 6) is -0.0693. The number of hydrogen-bond acceptors (Lipinski definition) is 2. The third kappa shape index (κ3) is 6.55. The largest absolute Gasteiger partial charge is 0.494 e. The molecule has 0 bridgehead atoms. The van der Waals surface area contributed by atoms with Crippen molar-refractivity contribution in [1.82, 2.24) is 0 Å². The number of hydrogen-bond donors (Lipinski definition) is 1. The van der Waals surface area contributed by atoms with Crippen LogP contribution in [0.25, 0.3) is 11.1 Å². The van der Waals surface area contributed by atoms with Gasteiger partial charge in [-0.25, -0.2) is 4.79 Å². The van der Waals surface area contributed by atoms with Gasteiger partial charge < -0.3 is 9.84 Å². The van der Waals surface area contributed by atoms with Gasteiger partial charge >= 0.3 is 5.97 Å². The lowest BCUT2D eigenvalue weighted by molar-refractivity contribution is 0.0697. The number of carboxylic acid groups (broad SMARTS) is 1. The lowest BCUT2D eigenvalue weighted by atomic mass is 10.00. The van der Waals surface area contributed by atoms with E-state index in [0.29, 0.717) is 5.56 Å². The maximum absolute atomic E-state index is 11.3. The van der Waals surface area contributed by atoms with E-state index in [0.717, 1.165) is 29.9 Å². The van der Waals surface area contributed by atoms with Gasteiger partial charge in [-0.05, 0) is 35.7 Å². The van der Waals surface area contributed by atoms with E-state index in [1.54, 1.807) is 12.1 Å². The first-order valence-electron chi connectivity index (χ1n) is 9.78. The van der Waals surface area contributed by atoms with Gasteiger partial charge in [0.2, 0.25) is 0 Å². The number of carboxylic acids is 1. The first-order chi connectivity index (χ1) is 12.7. The van der Waals surface area contributed by atoms with Crippen LogP contribution in [0.2, 0.25) is 0 Å². The normalized spacial score (nSPS) is 10.7. The Kier molecular flexibility index (Phi) is 8.74. The van der Waals surface area contributed by atoms with Gasteiger partial charge in [0.05, 0.1) is 12.2 Å². The highest BCUT2D eigenvalue weighted by atomic mass is 16.5. The number of ether oxygens (including phenoxy) is 1. The fourth-order valence-electron chi connectivity index (χ4n) is 3.08. The minimum Gasteiger partial charge on any atom is -0.494 e. The number of aromatic carboxylic acids is 1. The maximum atomic E-state index is 11.3. The number of unbranched alkanes of at least 4 members (excludes halogenated alkanes) is 7. The molecule has 0 amide bonds. The molecule has 140 valence electrons. The first-order valence-corrected chi connectivity index (χ1v) is 9.78. The SMILES string of the molecule is CCCCCCCCCCOc1ccc(-c2ccccc2C(=O)O)cc1. The summed E-state index contributed by atoms with van der Waals surface area (Å²) in [6.07, 6.45) is 10.3. The van der Waals surface area contributed by atoms with E-state index >= 15 is 0 Å². The molecule has 0 heterocycles. The molecule has 26 heavy (non-hydrogen) atoms. The molecule has 0 saturated heterocycles. The van der Waals surface area contributed by atoms with E-state index in [4.69, 9.17) is 4.74 Å². The van der Waals surface area contributed by atoms with Crippen molar-refractivity contribution in [3.05, 3.63) is 54.1 Å². The van der Waals surface area contributed by atoms with Crippen LogP contribution in [-0.2, 0) is 0 Å². The molecule has 0 fully saturated rings. The molecule has 0 aliphatic carbocycles. The Labute approximate surface area is 157 Å². The highest BCUT2D eigenvalue weighted by molar-refractivity contribution is 5.96. The molecule has 1 N–H and O–H groups in total. The molecule has 0 aliphatic rings. The number of rotatable bonds is 12. The molecule has 2 aromatic carbocycles. The Balaban J connectivity index is 1.74. The van der Waals surface area contributed by atoms with Gasteiger partial charge in [0.1, 0.15) is 5.75 Å². The van der Waals surface area contributed by atoms with Crippen molar-refractivity contribution >= 4 is 5.97 Å². The Morgan fingerprint density at radius 3 is 2.12 bits per heavy atom. The quantitative estimate of drug-likeness (QED) is 0.438. The predicted molar refractivity (Wildman–Crippen MR) is 107 cm³/mol. The molecule has 2 rings (SSSR count). The Morgan fingerprint density at radius 1 is 0.846 bits per heavy atom. The fraction of sp³-hybridized carbons (Fsp3) is 0.435. The van der Waals surface area contributed by atoms with Gasteiger partial charge in [-0.15, -0.1) is 0 Å². The number of carbonyl (C=O) groups is 1. The summed E-state index contributed by atoms with van der Waals surface area (Å²) in [5.41, 5.74) is 1.94. The van der Waals surface area contributed by atoms with Crippen LogP contribution in [0, 0.1) is 0 Å². The summed E-state index contributed by atoms with van der Waals surface area (Å²) in [5, 5.41) is 9.30. The summed E-state index contributed by atoms with van der Waals surface area (Å²) in [6, 6.07) is 14.7. The van der Waals surface area contributed by atoms with Crippen molar-refractivity contribution in [2.24, 2.45) is 0 Å². The monoisotopic (exact) mass is 354 g/mol. The summed E-state index contributed by atoms with van der Waals surface area (Å²) in [4.78, 5) is 11.3. The van der Waals surface area contributed by atoms with E-state index in [1.807, 2.05) is 36.4 Å². The summed E-state index contributed by atoms with van der Waals surface area (Å²) < 4.78 is 5.80. The third-order valence-electron chi connectivity index (χ3n) is 4.59. The average Bonchev–Trinajstić information content (AvgIpc) is 2.67. The van der Waals surface area contributed by atoms with Crippen LogP contribution < -0.4 is 4.74 Å². The second kappa shape index (κ2) is 11.3. The first kappa shape index (κ1) is 20.0. The average molecular weight is 354 g/mol. The molecule has 0 aromatic heterocycles. The van der Waals surface area contributed by atoms with E-state index in [1.165, 1.54) is 44.9 Å². The van der Waals surface area contributed by atoms with Crippen LogP contribution in [0.3, 0.4) is 0 Å². The number of benzene rings is 2. The lowest BCUT2D eigenvalue weighted by Gasteiger charge is -2.09. The van der Waals surface area contributed by atoms with Gasteiger partial charge in [0.15, 0.2) is 0 Å². The molecule has 0 spiro atoms. The van der Waals surface area contributed by atoms with Crippen LogP contribution >= 0.6 is 0 Å². The molecule has 3 nitrogen and oxygen atoms in total. The maximum Gasteiger partial charge on any atom is 0.336 e. The van der Waals surface area contributed by atoms with Crippen molar-refractivity contribution in [1.29, 1.82) is 0 Å². The third-order valence-corrected chi connectivity index (χ3v) is 4.59. The lowest BCUT2D eigenvalue weighted by Crippen LogP contribution is -1.99. The smallest absolute Gasteiger partial charge is 0.336 e. The van der Waals surface area contributed by atoms with Crippen LogP contribution in [0.5, 0.6) is 5.75 Å². The Morgan fingerprint density at radius 2 is 1.46 bits per heavy atom. The minimum absolute atomic E-state index is 0.320.